The lowest BCUT2D eigenvalue weighted by Gasteiger charge is -2.45. The average molecular weight is 411 g/mol. The first-order chi connectivity index (χ1) is 15.2. The molecule has 1 fully saturated rings. The van der Waals surface area contributed by atoms with E-state index in [1.807, 2.05) is 42.6 Å². The minimum Gasteiger partial charge on any atom is -0.439 e. The number of benzene rings is 2. The van der Waals surface area contributed by atoms with Crippen LogP contribution in [0.25, 0.3) is 10.9 Å². The summed E-state index contributed by atoms with van der Waals surface area (Å²) >= 11 is 0. The minimum atomic E-state index is 0.379. The number of para-hydroxylation sites is 1. The van der Waals surface area contributed by atoms with Gasteiger partial charge in [0, 0.05) is 47.7 Å². The number of pyridine rings is 1. The third kappa shape index (κ3) is 3.35. The molecule has 2 N–H and O–H groups in total. The van der Waals surface area contributed by atoms with E-state index in [0.717, 1.165) is 30.8 Å². The Morgan fingerprint density at radius 3 is 2.81 bits per heavy atom. The van der Waals surface area contributed by atoms with Gasteiger partial charge in [-0.05, 0) is 55.3 Å². The molecule has 3 atom stereocenters. The van der Waals surface area contributed by atoms with E-state index >= 15 is 0 Å². The summed E-state index contributed by atoms with van der Waals surface area (Å²) in [5, 5.41) is 5.16. The first kappa shape index (κ1) is 18.5. The Morgan fingerprint density at radius 1 is 1.06 bits per heavy atom. The molecule has 0 radical (unpaired) electrons. The number of hydrogen-bond acceptors (Lipinski definition) is 4. The van der Waals surface area contributed by atoms with Crippen LogP contribution in [0.5, 0.6) is 11.6 Å². The number of aromatic amines is 1. The molecule has 2 aliphatic rings. The van der Waals surface area contributed by atoms with Crippen LogP contribution < -0.4 is 10.1 Å². The van der Waals surface area contributed by atoms with E-state index in [1.54, 1.807) is 0 Å². The molecule has 0 bridgehead atoms. The summed E-state index contributed by atoms with van der Waals surface area (Å²) in [5.74, 6) is 1.94. The van der Waals surface area contributed by atoms with E-state index in [0.29, 0.717) is 23.9 Å². The Labute approximate surface area is 182 Å². The molecule has 1 aliphatic carbocycles. The van der Waals surface area contributed by atoms with Crippen molar-refractivity contribution in [1.29, 1.82) is 0 Å². The fraction of sp³-hybridized carbons (Fsp3) is 0.269. The molecular formula is C26H26N4O. The van der Waals surface area contributed by atoms with Crippen LogP contribution in [-0.4, -0.2) is 40.5 Å². The number of rotatable bonds is 4. The van der Waals surface area contributed by atoms with Gasteiger partial charge in [-0.1, -0.05) is 30.3 Å². The number of likely N-dealkylation sites (tertiary alicyclic amines) is 1. The van der Waals surface area contributed by atoms with Crippen molar-refractivity contribution in [1.82, 2.24) is 14.9 Å². The molecule has 156 valence electrons. The lowest BCUT2D eigenvalue weighted by atomic mass is 9.74. The van der Waals surface area contributed by atoms with E-state index in [9.17, 15) is 0 Å². The van der Waals surface area contributed by atoms with Gasteiger partial charge in [-0.15, -0.1) is 0 Å². The van der Waals surface area contributed by atoms with Crippen molar-refractivity contribution >= 4 is 16.6 Å². The maximum atomic E-state index is 5.82. The predicted octanol–water partition coefficient (Wildman–Crippen LogP) is 5.18. The molecular weight excluding hydrogens is 384 g/mol. The Balaban J connectivity index is 1.20. The van der Waals surface area contributed by atoms with Gasteiger partial charge in [-0.2, -0.15) is 0 Å². The highest BCUT2D eigenvalue weighted by Gasteiger charge is 2.39. The van der Waals surface area contributed by atoms with Gasteiger partial charge >= 0.3 is 0 Å². The fourth-order valence-corrected chi connectivity index (χ4v) is 5.42. The van der Waals surface area contributed by atoms with Crippen LogP contribution in [0.1, 0.15) is 23.5 Å². The number of likely N-dealkylation sites (N-methyl/N-ethyl adjacent to an activating group) is 1. The standard InChI is InChI=1S/C26H26N4O/c1-30-16-19(29-18-10-11-25(28-15-18)31-20-6-3-2-4-7-20)13-22-21-8-5-9-23-26(21)17(14-27-23)12-24(22)30/h2-11,14-15,19,22,24,27,29H,12-13,16H2,1H3/t19?,22-,24-/m1/s1. The van der Waals surface area contributed by atoms with Gasteiger partial charge in [-0.3, -0.25) is 0 Å². The number of nitrogens with zero attached hydrogens (tertiary/aromatic N) is 2. The number of ether oxygens (including phenoxy) is 1. The maximum absolute atomic E-state index is 5.82. The number of nitrogens with one attached hydrogen (secondary N) is 2. The van der Waals surface area contributed by atoms with Gasteiger partial charge in [0.05, 0.1) is 11.9 Å². The first-order valence-electron chi connectivity index (χ1n) is 11.0. The zero-order valence-corrected chi connectivity index (χ0v) is 17.6. The Morgan fingerprint density at radius 2 is 1.97 bits per heavy atom. The van der Waals surface area contributed by atoms with Crippen LogP contribution in [0.2, 0.25) is 0 Å². The molecule has 1 aliphatic heterocycles. The van der Waals surface area contributed by atoms with Crippen LogP contribution in [-0.2, 0) is 6.42 Å². The molecule has 31 heavy (non-hydrogen) atoms. The summed E-state index contributed by atoms with van der Waals surface area (Å²) < 4.78 is 5.82. The Bertz CT molecular complexity index is 1200. The van der Waals surface area contributed by atoms with Crippen molar-refractivity contribution in [3.63, 3.8) is 0 Å². The molecule has 2 aromatic carbocycles. The van der Waals surface area contributed by atoms with Gasteiger partial charge in [0.15, 0.2) is 0 Å². The molecule has 0 amide bonds. The van der Waals surface area contributed by atoms with E-state index in [2.05, 4.69) is 57.7 Å². The molecule has 5 heteroatoms. The number of aromatic nitrogens is 2. The molecule has 0 saturated carbocycles. The Hall–Kier alpha value is -3.31. The second-order valence-electron chi connectivity index (χ2n) is 8.78. The van der Waals surface area contributed by atoms with E-state index in [4.69, 9.17) is 4.74 Å². The highest BCUT2D eigenvalue weighted by Crippen LogP contribution is 2.43. The zero-order valence-electron chi connectivity index (χ0n) is 17.6. The summed E-state index contributed by atoms with van der Waals surface area (Å²) in [7, 11) is 2.26. The Kier molecular flexibility index (Phi) is 4.42. The van der Waals surface area contributed by atoms with E-state index in [-0.39, 0.29) is 0 Å². The quantitative estimate of drug-likeness (QED) is 0.487. The number of hydrogen-bond donors (Lipinski definition) is 2. The second-order valence-corrected chi connectivity index (χ2v) is 8.78. The van der Waals surface area contributed by atoms with Crippen LogP contribution in [0.4, 0.5) is 5.69 Å². The van der Waals surface area contributed by atoms with Crippen molar-refractivity contribution < 1.29 is 4.74 Å². The summed E-state index contributed by atoms with van der Waals surface area (Å²) in [4.78, 5) is 10.5. The van der Waals surface area contributed by atoms with E-state index in [1.165, 1.54) is 22.0 Å². The molecule has 6 rings (SSSR count). The normalized spacial score (nSPS) is 22.8. The minimum absolute atomic E-state index is 0.379. The summed E-state index contributed by atoms with van der Waals surface area (Å²) in [6, 6.07) is 21.4. The molecule has 1 unspecified atom stereocenters. The van der Waals surface area contributed by atoms with Crippen molar-refractivity contribution in [2.24, 2.45) is 0 Å². The molecule has 2 aromatic heterocycles. The molecule has 0 spiro atoms. The topological polar surface area (TPSA) is 53.2 Å². The van der Waals surface area contributed by atoms with Crippen molar-refractivity contribution in [2.45, 2.75) is 30.8 Å². The van der Waals surface area contributed by atoms with Gasteiger partial charge < -0.3 is 19.9 Å². The van der Waals surface area contributed by atoms with Crippen molar-refractivity contribution in [3.8, 4) is 11.6 Å². The highest BCUT2D eigenvalue weighted by atomic mass is 16.5. The highest BCUT2D eigenvalue weighted by molar-refractivity contribution is 5.88. The molecule has 1 saturated heterocycles. The maximum Gasteiger partial charge on any atom is 0.219 e. The van der Waals surface area contributed by atoms with Gasteiger partial charge in [0.1, 0.15) is 5.75 Å². The second kappa shape index (κ2) is 7.43. The van der Waals surface area contributed by atoms with Crippen LogP contribution in [0.3, 0.4) is 0 Å². The predicted molar refractivity (Wildman–Crippen MR) is 124 cm³/mol. The molecule has 4 aromatic rings. The number of fused-ring (bicyclic) bond motifs is 2. The van der Waals surface area contributed by atoms with Crippen molar-refractivity contribution in [3.05, 3.63) is 84.2 Å². The van der Waals surface area contributed by atoms with Gasteiger partial charge in [0.2, 0.25) is 5.88 Å². The summed E-state index contributed by atoms with van der Waals surface area (Å²) in [5.41, 5.74) is 5.26. The summed E-state index contributed by atoms with van der Waals surface area (Å²) in [6.45, 7) is 1.03. The fourth-order valence-electron chi connectivity index (χ4n) is 5.42. The molecule has 3 heterocycles. The van der Waals surface area contributed by atoms with E-state index < -0.39 is 0 Å². The summed E-state index contributed by atoms with van der Waals surface area (Å²) in [6.07, 6.45) is 6.32. The lowest BCUT2D eigenvalue weighted by molar-refractivity contribution is 0.147. The number of anilines is 1. The zero-order chi connectivity index (χ0) is 20.8. The van der Waals surface area contributed by atoms with Crippen molar-refractivity contribution in [2.75, 3.05) is 18.9 Å². The number of piperidine rings is 1. The first-order valence-corrected chi connectivity index (χ1v) is 11.0. The van der Waals surface area contributed by atoms with Gasteiger partial charge in [-0.25, -0.2) is 4.98 Å². The van der Waals surface area contributed by atoms with Gasteiger partial charge in [0.25, 0.3) is 0 Å². The van der Waals surface area contributed by atoms with Crippen LogP contribution in [0, 0.1) is 0 Å². The SMILES string of the molecule is CN1CC(Nc2ccc(Oc3ccccc3)nc2)C[C@@H]2c3cccc4[nH]cc(c34)C[C@H]21. The largest absolute Gasteiger partial charge is 0.439 e. The smallest absolute Gasteiger partial charge is 0.219 e. The average Bonchev–Trinajstić information content (AvgIpc) is 3.21. The third-order valence-corrected chi connectivity index (χ3v) is 6.80. The lowest BCUT2D eigenvalue weighted by Crippen LogP contribution is -2.51. The third-order valence-electron chi connectivity index (χ3n) is 6.80. The van der Waals surface area contributed by atoms with Crippen LogP contribution >= 0.6 is 0 Å². The van der Waals surface area contributed by atoms with Crippen LogP contribution in [0.15, 0.2) is 73.1 Å². The monoisotopic (exact) mass is 410 g/mol. The molecule has 5 nitrogen and oxygen atoms in total. The number of H-pyrrole nitrogens is 1.